The SMILES string of the molecule is CC1(S(=O)(=O)NC(=O)[C@@]2(N)C[C@H]2CCF)CC1. The summed E-state index contributed by atoms with van der Waals surface area (Å²) < 4.78 is 36.9. The van der Waals surface area contributed by atoms with Crippen molar-refractivity contribution in [3.63, 3.8) is 0 Å². The molecule has 0 aromatic rings. The van der Waals surface area contributed by atoms with E-state index in [1.54, 1.807) is 6.92 Å². The summed E-state index contributed by atoms with van der Waals surface area (Å²) in [4.78, 5) is 11.8. The summed E-state index contributed by atoms with van der Waals surface area (Å²) >= 11 is 0. The van der Waals surface area contributed by atoms with Crippen molar-refractivity contribution in [3.8, 4) is 0 Å². The standard InChI is InChI=1S/C10H17FN2O3S/c1-9(3-4-9)17(15,16)13-8(14)10(12)6-7(10)2-5-11/h7H,2-6,12H2,1H3,(H,13,14)/t7-,10-/m1/s1. The van der Waals surface area contributed by atoms with Crippen molar-refractivity contribution in [3.05, 3.63) is 0 Å². The number of alkyl halides is 1. The van der Waals surface area contributed by atoms with E-state index in [1.807, 2.05) is 4.72 Å². The maximum Gasteiger partial charge on any atom is 0.253 e. The van der Waals surface area contributed by atoms with Gasteiger partial charge in [-0.15, -0.1) is 0 Å². The van der Waals surface area contributed by atoms with Crippen molar-refractivity contribution < 1.29 is 17.6 Å². The molecule has 2 aliphatic rings. The highest BCUT2D eigenvalue weighted by atomic mass is 32.2. The fourth-order valence-electron chi connectivity index (χ4n) is 1.90. The number of hydrogen-bond acceptors (Lipinski definition) is 4. The van der Waals surface area contributed by atoms with Crippen LogP contribution in [0.3, 0.4) is 0 Å². The van der Waals surface area contributed by atoms with Crippen molar-refractivity contribution in [2.24, 2.45) is 11.7 Å². The average molecular weight is 264 g/mol. The van der Waals surface area contributed by atoms with E-state index in [2.05, 4.69) is 0 Å². The van der Waals surface area contributed by atoms with Gasteiger partial charge in [0.25, 0.3) is 5.91 Å². The molecule has 0 aromatic heterocycles. The topological polar surface area (TPSA) is 89.3 Å². The highest BCUT2D eigenvalue weighted by molar-refractivity contribution is 7.91. The van der Waals surface area contributed by atoms with Gasteiger partial charge in [-0.05, 0) is 38.5 Å². The van der Waals surface area contributed by atoms with E-state index in [1.165, 1.54) is 0 Å². The summed E-state index contributed by atoms with van der Waals surface area (Å²) in [6.07, 6.45) is 1.68. The van der Waals surface area contributed by atoms with Gasteiger partial charge in [0, 0.05) is 0 Å². The van der Waals surface area contributed by atoms with Crippen molar-refractivity contribution in [1.29, 1.82) is 0 Å². The van der Waals surface area contributed by atoms with Gasteiger partial charge in [0.15, 0.2) is 0 Å². The second-order valence-corrected chi connectivity index (χ2v) is 7.50. The zero-order valence-corrected chi connectivity index (χ0v) is 10.5. The number of nitrogens with two attached hydrogens (primary N) is 1. The number of rotatable bonds is 5. The minimum atomic E-state index is -3.64. The Morgan fingerprint density at radius 1 is 1.53 bits per heavy atom. The molecule has 0 aromatic carbocycles. The van der Waals surface area contributed by atoms with Gasteiger partial charge >= 0.3 is 0 Å². The van der Waals surface area contributed by atoms with Crippen LogP contribution in [0.1, 0.15) is 32.6 Å². The van der Waals surface area contributed by atoms with E-state index < -0.39 is 32.9 Å². The number of hydrogen-bond donors (Lipinski definition) is 2. The fraction of sp³-hybridized carbons (Fsp3) is 0.900. The van der Waals surface area contributed by atoms with E-state index in [0.717, 1.165) is 0 Å². The zero-order valence-electron chi connectivity index (χ0n) is 9.70. The Bertz CT molecular complexity index is 446. The molecule has 7 heteroatoms. The van der Waals surface area contributed by atoms with Gasteiger partial charge in [-0.3, -0.25) is 13.9 Å². The van der Waals surface area contributed by atoms with Crippen molar-refractivity contribution in [2.75, 3.05) is 6.67 Å². The Hall–Kier alpha value is -0.690. The second kappa shape index (κ2) is 3.65. The third kappa shape index (κ3) is 2.06. The Kier molecular flexibility index (Phi) is 2.74. The first-order valence-electron chi connectivity index (χ1n) is 5.67. The summed E-state index contributed by atoms with van der Waals surface area (Å²) in [6.45, 7) is 1.05. The molecule has 2 saturated carbocycles. The van der Waals surface area contributed by atoms with Crippen LogP contribution < -0.4 is 10.5 Å². The normalized spacial score (nSPS) is 34.2. The Morgan fingerprint density at radius 2 is 2.12 bits per heavy atom. The van der Waals surface area contributed by atoms with Gasteiger partial charge in [0.2, 0.25) is 10.0 Å². The Balaban J connectivity index is 1.99. The van der Waals surface area contributed by atoms with Gasteiger partial charge in [-0.2, -0.15) is 0 Å². The minimum Gasteiger partial charge on any atom is -0.317 e. The van der Waals surface area contributed by atoms with Crippen LogP contribution in [0.15, 0.2) is 0 Å². The summed E-state index contributed by atoms with van der Waals surface area (Å²) in [5.74, 6) is -0.932. The van der Waals surface area contributed by atoms with E-state index in [9.17, 15) is 17.6 Å². The Labute approximate surface area is 100.0 Å². The van der Waals surface area contributed by atoms with Crippen LogP contribution >= 0.6 is 0 Å². The Morgan fingerprint density at radius 3 is 2.59 bits per heavy atom. The lowest BCUT2D eigenvalue weighted by molar-refractivity contribution is -0.121. The van der Waals surface area contributed by atoms with Crippen LogP contribution in [0.5, 0.6) is 0 Å². The quantitative estimate of drug-likeness (QED) is 0.735. The lowest BCUT2D eigenvalue weighted by atomic mass is 10.2. The monoisotopic (exact) mass is 264 g/mol. The first-order chi connectivity index (χ1) is 7.75. The summed E-state index contributed by atoms with van der Waals surface area (Å²) in [7, 11) is -3.64. The molecule has 1 amide bonds. The minimum absolute atomic E-state index is 0.210. The van der Waals surface area contributed by atoms with Crippen LogP contribution in [0.2, 0.25) is 0 Å². The van der Waals surface area contributed by atoms with Crippen molar-refractivity contribution in [2.45, 2.75) is 42.9 Å². The molecule has 0 bridgehead atoms. The van der Waals surface area contributed by atoms with Gasteiger partial charge < -0.3 is 5.73 Å². The number of sulfonamides is 1. The van der Waals surface area contributed by atoms with E-state index in [4.69, 9.17) is 5.73 Å². The summed E-state index contributed by atoms with van der Waals surface area (Å²) in [5.41, 5.74) is 4.56. The maximum atomic E-state index is 12.1. The first-order valence-corrected chi connectivity index (χ1v) is 7.15. The van der Waals surface area contributed by atoms with Gasteiger partial charge in [0.05, 0.1) is 17.0 Å². The zero-order chi connectivity index (χ0) is 12.9. The van der Waals surface area contributed by atoms with Crippen LogP contribution in [0, 0.1) is 5.92 Å². The predicted molar refractivity (Wildman–Crippen MR) is 60.3 cm³/mol. The third-order valence-corrected chi connectivity index (χ3v) is 6.02. The van der Waals surface area contributed by atoms with E-state index >= 15 is 0 Å². The van der Waals surface area contributed by atoms with Crippen LogP contribution in [-0.4, -0.2) is 31.3 Å². The van der Waals surface area contributed by atoms with Crippen molar-refractivity contribution in [1.82, 2.24) is 4.72 Å². The van der Waals surface area contributed by atoms with Gasteiger partial charge in [-0.1, -0.05) is 0 Å². The molecule has 2 atom stereocenters. The van der Waals surface area contributed by atoms with Crippen LogP contribution in [-0.2, 0) is 14.8 Å². The number of carbonyl (C=O) groups is 1. The van der Waals surface area contributed by atoms with Gasteiger partial charge in [-0.25, -0.2) is 8.42 Å². The molecule has 2 fully saturated rings. The van der Waals surface area contributed by atoms with E-state index in [-0.39, 0.29) is 12.3 Å². The second-order valence-electron chi connectivity index (χ2n) is 5.30. The lowest BCUT2D eigenvalue weighted by Gasteiger charge is -2.15. The molecular weight excluding hydrogens is 247 g/mol. The molecule has 2 aliphatic carbocycles. The molecular formula is C10H17FN2O3S. The molecule has 0 aliphatic heterocycles. The molecule has 0 unspecified atom stereocenters. The largest absolute Gasteiger partial charge is 0.317 e. The van der Waals surface area contributed by atoms with E-state index in [0.29, 0.717) is 19.3 Å². The smallest absolute Gasteiger partial charge is 0.253 e. The fourth-order valence-corrected chi connectivity index (χ4v) is 3.22. The van der Waals surface area contributed by atoms with Crippen LogP contribution in [0.4, 0.5) is 4.39 Å². The summed E-state index contributed by atoms with van der Waals surface area (Å²) in [6, 6.07) is 0. The molecule has 0 heterocycles. The number of amides is 1. The van der Waals surface area contributed by atoms with Gasteiger partial charge in [0.1, 0.15) is 0 Å². The predicted octanol–water partition coefficient (Wildman–Crippen LogP) is 0.0619. The first kappa shape index (κ1) is 12.8. The third-order valence-electron chi connectivity index (χ3n) is 3.86. The molecule has 0 saturated heterocycles. The number of carbonyl (C=O) groups excluding carboxylic acids is 1. The lowest BCUT2D eigenvalue weighted by Crippen LogP contribution is -2.49. The molecule has 2 rings (SSSR count). The molecule has 0 radical (unpaired) electrons. The molecule has 0 spiro atoms. The highest BCUT2D eigenvalue weighted by Gasteiger charge is 2.59. The number of halogens is 1. The average Bonchev–Trinajstić information content (AvgIpc) is 3.08. The van der Waals surface area contributed by atoms with Crippen LogP contribution in [0.25, 0.3) is 0 Å². The molecule has 3 N–H and O–H groups in total. The molecule has 5 nitrogen and oxygen atoms in total. The van der Waals surface area contributed by atoms with Crippen molar-refractivity contribution >= 4 is 15.9 Å². The molecule has 17 heavy (non-hydrogen) atoms. The summed E-state index contributed by atoms with van der Waals surface area (Å²) in [5, 5.41) is 0. The highest BCUT2D eigenvalue weighted by Crippen LogP contribution is 2.46. The maximum absolute atomic E-state index is 12.1. The number of nitrogens with one attached hydrogen (secondary N) is 1. The molecule has 98 valence electrons.